The molecule has 0 atom stereocenters. The molecular weight excluding hydrogens is 198 g/mol. The number of ether oxygens (including phenoxy) is 1. The third-order valence-corrected chi connectivity index (χ3v) is 3.23. The molecule has 1 N–H and O–H groups in total. The Kier molecular flexibility index (Phi) is 3.29. The summed E-state index contributed by atoms with van der Waals surface area (Å²) in [6, 6.07) is 1.95. The van der Waals surface area contributed by atoms with Crippen molar-refractivity contribution in [3.05, 3.63) is 21.9 Å². The third kappa shape index (κ3) is 1.96. The van der Waals surface area contributed by atoms with Gasteiger partial charge in [-0.05, 0) is 37.9 Å². The standard InChI is InChI=1S/C10H15NO2S/c1-10(2,11-3)7-5-6-14-8(7)9(12)13-4/h5-6,11H,1-4H3. The Bertz CT molecular complexity index is 331. The van der Waals surface area contributed by atoms with E-state index in [1.807, 2.05) is 32.3 Å². The first kappa shape index (κ1) is 11.2. The summed E-state index contributed by atoms with van der Waals surface area (Å²) in [4.78, 5) is 12.1. The molecule has 1 heterocycles. The van der Waals surface area contributed by atoms with Crippen LogP contribution in [0.4, 0.5) is 0 Å². The van der Waals surface area contributed by atoms with Crippen molar-refractivity contribution < 1.29 is 9.53 Å². The lowest BCUT2D eigenvalue weighted by molar-refractivity contribution is 0.0603. The van der Waals surface area contributed by atoms with Crippen LogP contribution in [0.3, 0.4) is 0 Å². The van der Waals surface area contributed by atoms with Crippen LogP contribution in [0.1, 0.15) is 29.1 Å². The normalized spacial score (nSPS) is 11.4. The van der Waals surface area contributed by atoms with Crippen LogP contribution in [0, 0.1) is 0 Å². The van der Waals surface area contributed by atoms with Gasteiger partial charge in [0.1, 0.15) is 4.88 Å². The fraction of sp³-hybridized carbons (Fsp3) is 0.500. The SMILES string of the molecule is CNC(C)(C)c1ccsc1C(=O)OC. The number of hydrogen-bond donors (Lipinski definition) is 1. The van der Waals surface area contributed by atoms with Crippen LogP contribution in [0.15, 0.2) is 11.4 Å². The number of carbonyl (C=O) groups is 1. The van der Waals surface area contributed by atoms with E-state index in [9.17, 15) is 4.79 Å². The van der Waals surface area contributed by atoms with Gasteiger partial charge in [0.2, 0.25) is 0 Å². The van der Waals surface area contributed by atoms with Crippen LogP contribution >= 0.6 is 11.3 Å². The molecule has 1 aromatic heterocycles. The van der Waals surface area contributed by atoms with Crippen molar-refractivity contribution in [1.82, 2.24) is 5.32 Å². The van der Waals surface area contributed by atoms with Gasteiger partial charge in [0, 0.05) is 5.54 Å². The highest BCUT2D eigenvalue weighted by molar-refractivity contribution is 7.12. The number of hydrogen-bond acceptors (Lipinski definition) is 4. The molecule has 0 aliphatic carbocycles. The number of methoxy groups -OCH3 is 1. The zero-order valence-corrected chi connectivity index (χ0v) is 9.70. The predicted octanol–water partition coefficient (Wildman–Crippen LogP) is 1.99. The second kappa shape index (κ2) is 4.11. The lowest BCUT2D eigenvalue weighted by atomic mass is 9.95. The molecule has 78 valence electrons. The second-order valence-corrected chi connectivity index (χ2v) is 4.45. The number of esters is 1. The quantitative estimate of drug-likeness (QED) is 0.780. The molecule has 0 amide bonds. The fourth-order valence-electron chi connectivity index (χ4n) is 1.19. The van der Waals surface area contributed by atoms with E-state index in [-0.39, 0.29) is 11.5 Å². The summed E-state index contributed by atoms with van der Waals surface area (Å²) < 4.78 is 4.72. The van der Waals surface area contributed by atoms with Gasteiger partial charge in [-0.3, -0.25) is 0 Å². The fourth-order valence-corrected chi connectivity index (χ4v) is 2.16. The van der Waals surface area contributed by atoms with Crippen molar-refractivity contribution >= 4 is 17.3 Å². The summed E-state index contributed by atoms with van der Waals surface area (Å²) >= 11 is 1.41. The van der Waals surface area contributed by atoms with Crippen LogP contribution in [0.25, 0.3) is 0 Å². The van der Waals surface area contributed by atoms with Gasteiger partial charge in [0.25, 0.3) is 0 Å². The molecule has 4 heteroatoms. The summed E-state index contributed by atoms with van der Waals surface area (Å²) in [6.07, 6.45) is 0. The Morgan fingerprint density at radius 3 is 2.71 bits per heavy atom. The Balaban J connectivity index is 3.10. The van der Waals surface area contributed by atoms with E-state index < -0.39 is 0 Å². The Morgan fingerprint density at radius 1 is 1.57 bits per heavy atom. The van der Waals surface area contributed by atoms with Gasteiger partial charge < -0.3 is 10.1 Å². The first-order valence-electron chi connectivity index (χ1n) is 4.38. The lowest BCUT2D eigenvalue weighted by Crippen LogP contribution is -2.34. The molecule has 0 unspecified atom stereocenters. The summed E-state index contributed by atoms with van der Waals surface area (Å²) in [5.41, 5.74) is 0.778. The lowest BCUT2D eigenvalue weighted by Gasteiger charge is -2.24. The van der Waals surface area contributed by atoms with E-state index in [4.69, 9.17) is 4.74 Å². The minimum absolute atomic E-state index is 0.205. The van der Waals surface area contributed by atoms with Crippen LogP contribution in [-0.4, -0.2) is 20.1 Å². The first-order valence-corrected chi connectivity index (χ1v) is 5.26. The van der Waals surface area contributed by atoms with E-state index in [1.54, 1.807) is 0 Å². The predicted molar refractivity (Wildman–Crippen MR) is 57.7 cm³/mol. The van der Waals surface area contributed by atoms with Gasteiger partial charge >= 0.3 is 5.97 Å². The molecule has 0 aliphatic rings. The van der Waals surface area contributed by atoms with Crippen LogP contribution in [-0.2, 0) is 10.3 Å². The maximum Gasteiger partial charge on any atom is 0.348 e. The molecule has 3 nitrogen and oxygen atoms in total. The highest BCUT2D eigenvalue weighted by Crippen LogP contribution is 2.28. The topological polar surface area (TPSA) is 38.3 Å². The van der Waals surface area contributed by atoms with Crippen molar-refractivity contribution in [3.8, 4) is 0 Å². The van der Waals surface area contributed by atoms with Gasteiger partial charge in [0.05, 0.1) is 7.11 Å². The average Bonchev–Trinajstić information content (AvgIpc) is 2.65. The highest BCUT2D eigenvalue weighted by Gasteiger charge is 2.25. The van der Waals surface area contributed by atoms with Gasteiger partial charge in [0.15, 0.2) is 0 Å². The Hall–Kier alpha value is -0.870. The molecule has 0 saturated carbocycles. The summed E-state index contributed by atoms with van der Waals surface area (Å²) in [5, 5.41) is 5.07. The number of nitrogens with one attached hydrogen (secondary N) is 1. The van der Waals surface area contributed by atoms with E-state index in [1.165, 1.54) is 18.4 Å². The van der Waals surface area contributed by atoms with Gasteiger partial charge in [-0.2, -0.15) is 0 Å². The monoisotopic (exact) mass is 213 g/mol. The smallest absolute Gasteiger partial charge is 0.348 e. The van der Waals surface area contributed by atoms with Crippen molar-refractivity contribution in [1.29, 1.82) is 0 Å². The van der Waals surface area contributed by atoms with E-state index >= 15 is 0 Å². The second-order valence-electron chi connectivity index (χ2n) is 3.53. The van der Waals surface area contributed by atoms with Crippen LogP contribution in [0.2, 0.25) is 0 Å². The average molecular weight is 213 g/mol. The van der Waals surface area contributed by atoms with Gasteiger partial charge in [-0.15, -0.1) is 11.3 Å². The summed E-state index contributed by atoms with van der Waals surface area (Å²) in [7, 11) is 3.27. The molecule has 0 saturated heterocycles. The highest BCUT2D eigenvalue weighted by atomic mass is 32.1. The van der Waals surface area contributed by atoms with E-state index in [0.29, 0.717) is 4.88 Å². The molecular formula is C10H15NO2S. The zero-order chi connectivity index (χ0) is 10.8. The summed E-state index contributed by atoms with van der Waals surface area (Å²) in [5.74, 6) is -0.265. The minimum Gasteiger partial charge on any atom is -0.465 e. The Labute approximate surface area is 88.1 Å². The zero-order valence-electron chi connectivity index (χ0n) is 8.88. The van der Waals surface area contributed by atoms with Gasteiger partial charge in [-0.25, -0.2) is 4.79 Å². The number of rotatable bonds is 3. The van der Waals surface area contributed by atoms with E-state index in [0.717, 1.165) is 5.56 Å². The van der Waals surface area contributed by atoms with Crippen LogP contribution in [0.5, 0.6) is 0 Å². The maximum atomic E-state index is 11.4. The van der Waals surface area contributed by atoms with Crippen molar-refractivity contribution in [2.24, 2.45) is 0 Å². The molecule has 0 spiro atoms. The van der Waals surface area contributed by atoms with Crippen molar-refractivity contribution in [3.63, 3.8) is 0 Å². The molecule has 0 aliphatic heterocycles. The molecule has 0 fully saturated rings. The maximum absolute atomic E-state index is 11.4. The number of thiophene rings is 1. The molecule has 14 heavy (non-hydrogen) atoms. The third-order valence-electron chi connectivity index (χ3n) is 2.33. The van der Waals surface area contributed by atoms with Crippen molar-refractivity contribution in [2.75, 3.05) is 14.2 Å². The molecule has 1 aromatic rings. The molecule has 0 aromatic carbocycles. The number of carbonyl (C=O) groups excluding carboxylic acids is 1. The molecule has 0 radical (unpaired) electrons. The van der Waals surface area contributed by atoms with Crippen molar-refractivity contribution in [2.45, 2.75) is 19.4 Å². The first-order chi connectivity index (χ1) is 6.53. The van der Waals surface area contributed by atoms with Gasteiger partial charge in [-0.1, -0.05) is 0 Å². The summed E-state index contributed by atoms with van der Waals surface area (Å²) in [6.45, 7) is 4.06. The largest absolute Gasteiger partial charge is 0.465 e. The molecule has 1 rings (SSSR count). The Morgan fingerprint density at radius 2 is 2.21 bits per heavy atom. The van der Waals surface area contributed by atoms with E-state index in [2.05, 4.69) is 5.32 Å². The van der Waals surface area contributed by atoms with Crippen LogP contribution < -0.4 is 5.32 Å². The molecule has 0 bridgehead atoms. The minimum atomic E-state index is -0.265.